The summed E-state index contributed by atoms with van der Waals surface area (Å²) in [6.07, 6.45) is 1.72. The van der Waals surface area contributed by atoms with Crippen molar-refractivity contribution in [3.63, 3.8) is 0 Å². The van der Waals surface area contributed by atoms with Crippen molar-refractivity contribution in [2.24, 2.45) is 0 Å². The van der Waals surface area contributed by atoms with Crippen molar-refractivity contribution in [2.45, 2.75) is 38.9 Å². The van der Waals surface area contributed by atoms with E-state index in [4.69, 9.17) is 18.5 Å². The van der Waals surface area contributed by atoms with Crippen LogP contribution in [-0.2, 0) is 9.31 Å². The first kappa shape index (κ1) is 15.2. The quantitative estimate of drug-likeness (QED) is 0.816. The fraction of sp³-hybridized carbons (Fsp3) is 0.412. The van der Waals surface area contributed by atoms with E-state index in [2.05, 4.69) is 0 Å². The van der Waals surface area contributed by atoms with Gasteiger partial charge in [0.05, 0.1) is 24.6 Å². The van der Waals surface area contributed by atoms with Crippen molar-refractivity contribution in [1.29, 1.82) is 0 Å². The standard InChI is InChI=1S/C17H21BO4/c1-16(2)17(3,4)22-18(21-16)15-10-13(11-20-15)12-6-8-14(19-5)9-7-12/h6-11H,1-5H3. The number of hydrogen-bond acceptors (Lipinski definition) is 4. The molecule has 0 amide bonds. The van der Waals surface area contributed by atoms with Crippen molar-refractivity contribution in [3.05, 3.63) is 36.6 Å². The molecule has 0 N–H and O–H groups in total. The van der Waals surface area contributed by atoms with Gasteiger partial charge in [-0.25, -0.2) is 0 Å². The van der Waals surface area contributed by atoms with Gasteiger partial charge in [0.25, 0.3) is 0 Å². The van der Waals surface area contributed by atoms with Crippen molar-refractivity contribution < 1.29 is 18.5 Å². The Morgan fingerprint density at radius 1 is 0.909 bits per heavy atom. The Hall–Kier alpha value is -1.72. The Morgan fingerprint density at radius 2 is 1.50 bits per heavy atom. The van der Waals surface area contributed by atoms with E-state index >= 15 is 0 Å². The average Bonchev–Trinajstić information content (AvgIpc) is 3.03. The van der Waals surface area contributed by atoms with Crippen molar-refractivity contribution >= 4 is 12.8 Å². The molecule has 1 fully saturated rings. The molecule has 0 spiro atoms. The molecular weight excluding hydrogens is 279 g/mol. The Balaban J connectivity index is 1.82. The molecule has 1 aromatic heterocycles. The Labute approximate surface area is 131 Å². The van der Waals surface area contributed by atoms with Crippen LogP contribution in [0, 0.1) is 0 Å². The van der Waals surface area contributed by atoms with Crippen LogP contribution in [0.3, 0.4) is 0 Å². The Kier molecular flexibility index (Phi) is 3.58. The second-order valence-electron chi connectivity index (χ2n) is 6.55. The molecule has 0 radical (unpaired) electrons. The van der Waals surface area contributed by atoms with Gasteiger partial charge in [-0.15, -0.1) is 0 Å². The van der Waals surface area contributed by atoms with E-state index in [1.54, 1.807) is 13.4 Å². The summed E-state index contributed by atoms with van der Waals surface area (Å²) < 4.78 is 22.8. The van der Waals surface area contributed by atoms with Crippen LogP contribution in [0.4, 0.5) is 0 Å². The van der Waals surface area contributed by atoms with Gasteiger partial charge < -0.3 is 18.5 Å². The van der Waals surface area contributed by atoms with Gasteiger partial charge in [0.2, 0.25) is 0 Å². The molecule has 1 aliphatic rings. The predicted octanol–water partition coefficient (Wildman–Crippen LogP) is 3.25. The van der Waals surface area contributed by atoms with E-state index in [0.29, 0.717) is 5.66 Å². The highest BCUT2D eigenvalue weighted by Crippen LogP contribution is 2.36. The summed E-state index contributed by atoms with van der Waals surface area (Å²) in [6.45, 7) is 8.11. The molecule has 4 nitrogen and oxygen atoms in total. The smallest absolute Gasteiger partial charge is 0.497 e. The van der Waals surface area contributed by atoms with Gasteiger partial charge in [-0.2, -0.15) is 0 Å². The number of rotatable bonds is 3. The molecule has 1 aliphatic heterocycles. The van der Waals surface area contributed by atoms with E-state index in [1.165, 1.54) is 0 Å². The monoisotopic (exact) mass is 300 g/mol. The summed E-state index contributed by atoms with van der Waals surface area (Å²) in [5.41, 5.74) is 2.00. The molecular formula is C17H21BO4. The lowest BCUT2D eigenvalue weighted by molar-refractivity contribution is 0.00578. The van der Waals surface area contributed by atoms with Crippen LogP contribution >= 0.6 is 0 Å². The molecule has 1 saturated heterocycles. The average molecular weight is 300 g/mol. The molecule has 2 heterocycles. The predicted molar refractivity (Wildman–Crippen MR) is 86.4 cm³/mol. The van der Waals surface area contributed by atoms with Gasteiger partial charge in [-0.1, -0.05) is 12.1 Å². The third-order valence-electron chi connectivity index (χ3n) is 4.53. The SMILES string of the molecule is COc1ccc(-c2coc(B3OC(C)(C)C(C)(C)O3)c2)cc1. The fourth-order valence-electron chi connectivity index (χ4n) is 2.37. The molecule has 3 rings (SSSR count). The van der Waals surface area contributed by atoms with Crippen LogP contribution in [-0.4, -0.2) is 25.4 Å². The largest absolute Gasteiger partial charge is 0.532 e. The highest BCUT2D eigenvalue weighted by Gasteiger charge is 2.53. The zero-order valence-corrected chi connectivity index (χ0v) is 13.7. The van der Waals surface area contributed by atoms with E-state index in [0.717, 1.165) is 16.9 Å². The lowest BCUT2D eigenvalue weighted by Gasteiger charge is -2.32. The number of benzene rings is 1. The minimum atomic E-state index is -0.475. The topological polar surface area (TPSA) is 40.8 Å². The number of ether oxygens (including phenoxy) is 1. The summed E-state index contributed by atoms with van der Waals surface area (Å²) in [6, 6.07) is 9.81. The number of hydrogen-bond donors (Lipinski definition) is 0. The molecule has 5 heteroatoms. The van der Waals surface area contributed by atoms with Crippen LogP contribution in [0.2, 0.25) is 0 Å². The summed E-state index contributed by atoms with van der Waals surface area (Å²) >= 11 is 0. The summed E-state index contributed by atoms with van der Waals surface area (Å²) in [7, 11) is 1.18. The van der Waals surface area contributed by atoms with Crippen LogP contribution in [0.1, 0.15) is 27.7 Å². The van der Waals surface area contributed by atoms with Gasteiger partial charge in [0.15, 0.2) is 0 Å². The Morgan fingerprint density at radius 3 is 2.05 bits per heavy atom. The molecule has 2 aromatic rings. The molecule has 22 heavy (non-hydrogen) atoms. The third-order valence-corrected chi connectivity index (χ3v) is 4.53. The number of furan rings is 1. The zero-order valence-electron chi connectivity index (χ0n) is 13.7. The summed E-state index contributed by atoms with van der Waals surface area (Å²) in [5.74, 6) is 0.832. The number of methoxy groups -OCH3 is 1. The first-order chi connectivity index (χ1) is 10.3. The van der Waals surface area contributed by atoms with E-state index in [9.17, 15) is 0 Å². The lowest BCUT2D eigenvalue weighted by Crippen LogP contribution is -2.41. The molecule has 0 aliphatic carbocycles. The molecule has 0 bridgehead atoms. The summed E-state index contributed by atoms with van der Waals surface area (Å²) in [4.78, 5) is 0. The van der Waals surface area contributed by atoms with Crippen molar-refractivity contribution in [1.82, 2.24) is 0 Å². The molecule has 1 aromatic carbocycles. The van der Waals surface area contributed by atoms with Crippen molar-refractivity contribution in [2.75, 3.05) is 7.11 Å². The molecule has 0 unspecified atom stereocenters. The zero-order chi connectivity index (χ0) is 16.0. The second-order valence-corrected chi connectivity index (χ2v) is 6.55. The van der Waals surface area contributed by atoms with Crippen LogP contribution in [0.15, 0.2) is 41.0 Å². The second kappa shape index (κ2) is 5.18. The maximum Gasteiger partial charge on any atom is 0.532 e. The lowest BCUT2D eigenvalue weighted by atomic mass is 9.85. The maximum atomic E-state index is 6.00. The van der Waals surface area contributed by atoms with Gasteiger partial charge in [-0.05, 0) is 51.5 Å². The van der Waals surface area contributed by atoms with Crippen molar-refractivity contribution in [3.8, 4) is 16.9 Å². The van der Waals surface area contributed by atoms with E-state index in [-0.39, 0.29) is 11.2 Å². The van der Waals surface area contributed by atoms with Gasteiger partial charge >= 0.3 is 7.12 Å². The summed E-state index contributed by atoms with van der Waals surface area (Å²) in [5, 5.41) is 0. The highest BCUT2D eigenvalue weighted by atomic mass is 16.7. The van der Waals surface area contributed by atoms with Gasteiger partial charge in [-0.3, -0.25) is 0 Å². The molecule has 0 saturated carbocycles. The highest BCUT2D eigenvalue weighted by molar-refractivity contribution is 6.60. The van der Waals surface area contributed by atoms with Crippen LogP contribution in [0.5, 0.6) is 5.75 Å². The minimum Gasteiger partial charge on any atom is -0.497 e. The minimum absolute atomic E-state index is 0.370. The van der Waals surface area contributed by atoms with Gasteiger partial charge in [0, 0.05) is 5.56 Å². The van der Waals surface area contributed by atoms with E-state index in [1.807, 2.05) is 58.0 Å². The van der Waals surface area contributed by atoms with Gasteiger partial charge in [0.1, 0.15) is 11.4 Å². The first-order valence-electron chi connectivity index (χ1n) is 7.41. The fourth-order valence-corrected chi connectivity index (χ4v) is 2.37. The first-order valence-corrected chi connectivity index (χ1v) is 7.41. The normalized spacial score (nSPS) is 19.4. The molecule has 116 valence electrons. The maximum absolute atomic E-state index is 6.00. The Bertz CT molecular complexity index is 642. The van der Waals surface area contributed by atoms with Crippen LogP contribution in [0.25, 0.3) is 11.1 Å². The third kappa shape index (κ3) is 2.55. The molecule has 0 atom stereocenters. The van der Waals surface area contributed by atoms with Crippen LogP contribution < -0.4 is 10.4 Å². The van der Waals surface area contributed by atoms with E-state index < -0.39 is 7.12 Å².